The van der Waals surface area contributed by atoms with Crippen LogP contribution in [0.25, 0.3) is 0 Å². The first-order valence-electron chi connectivity index (χ1n) is 7.11. The van der Waals surface area contributed by atoms with Crippen molar-refractivity contribution in [2.75, 3.05) is 31.1 Å². The fourth-order valence-corrected chi connectivity index (χ4v) is 3.19. The van der Waals surface area contributed by atoms with Crippen LogP contribution in [0, 0.1) is 6.92 Å². The monoisotopic (exact) mass is 335 g/mol. The van der Waals surface area contributed by atoms with E-state index >= 15 is 0 Å². The third-order valence-corrected chi connectivity index (χ3v) is 4.41. The van der Waals surface area contributed by atoms with Crippen LogP contribution in [0.5, 0.6) is 0 Å². The van der Waals surface area contributed by atoms with Gasteiger partial charge in [-0.15, -0.1) is 0 Å². The summed E-state index contributed by atoms with van der Waals surface area (Å²) in [7, 11) is 0. The first kappa shape index (κ1) is 13.7. The molecule has 20 heavy (non-hydrogen) atoms. The van der Waals surface area contributed by atoms with Crippen LogP contribution < -0.4 is 9.80 Å². The number of nitrogens with one attached hydrogen (secondary N) is 1. The number of rotatable bonds is 3. The first-order chi connectivity index (χ1) is 9.72. The summed E-state index contributed by atoms with van der Waals surface area (Å²) in [6.45, 7) is 7.71. The zero-order valence-electron chi connectivity index (χ0n) is 11.7. The molecule has 1 aromatic carbocycles. The fraction of sp³-hybridized carbons (Fsp3) is 0.375. The van der Waals surface area contributed by atoms with Crippen LogP contribution >= 0.6 is 15.9 Å². The lowest BCUT2D eigenvalue weighted by atomic mass is 10.1. The molecule has 2 aromatic rings. The molecule has 0 aliphatic carbocycles. The van der Waals surface area contributed by atoms with Gasteiger partial charge in [0.25, 0.3) is 0 Å². The summed E-state index contributed by atoms with van der Waals surface area (Å²) in [4.78, 5) is 4.09. The van der Waals surface area contributed by atoms with Gasteiger partial charge in [-0.25, -0.2) is 0 Å². The van der Waals surface area contributed by atoms with E-state index in [-0.39, 0.29) is 0 Å². The van der Waals surface area contributed by atoms with Crippen LogP contribution in [0.15, 0.2) is 45.5 Å². The largest absolute Gasteiger partial charge is 0.448 e. The highest BCUT2D eigenvalue weighted by Gasteiger charge is 2.21. The van der Waals surface area contributed by atoms with Crippen molar-refractivity contribution in [3.05, 3.63) is 52.4 Å². The molecular weight excluding hydrogens is 316 g/mol. The Hall–Kier alpha value is -1.26. The molecule has 1 saturated heterocycles. The quantitative estimate of drug-likeness (QED) is 0.928. The highest BCUT2D eigenvalue weighted by Crippen LogP contribution is 2.19. The lowest BCUT2D eigenvalue weighted by molar-refractivity contribution is -0.915. The van der Waals surface area contributed by atoms with Crippen molar-refractivity contribution >= 4 is 21.6 Å². The normalized spacial score (nSPS) is 16.6. The molecule has 0 radical (unpaired) electrons. The number of hydrogen-bond acceptors (Lipinski definition) is 2. The summed E-state index contributed by atoms with van der Waals surface area (Å²) < 4.78 is 6.42. The number of hydrogen-bond donors (Lipinski definition) is 1. The second kappa shape index (κ2) is 6.02. The smallest absolute Gasteiger partial charge is 0.169 e. The summed E-state index contributed by atoms with van der Waals surface area (Å²) in [6.07, 6.45) is 0. The molecule has 1 aromatic heterocycles. The molecule has 1 N–H and O–H groups in total. The highest BCUT2D eigenvalue weighted by atomic mass is 79.9. The van der Waals surface area contributed by atoms with E-state index in [0.29, 0.717) is 0 Å². The van der Waals surface area contributed by atoms with E-state index in [0.717, 1.165) is 43.2 Å². The van der Waals surface area contributed by atoms with Crippen molar-refractivity contribution in [1.29, 1.82) is 0 Å². The Morgan fingerprint density at radius 3 is 2.55 bits per heavy atom. The average Bonchev–Trinajstić information content (AvgIpc) is 2.86. The summed E-state index contributed by atoms with van der Waals surface area (Å²) in [5.41, 5.74) is 2.75. The number of piperazine rings is 1. The van der Waals surface area contributed by atoms with Crippen molar-refractivity contribution in [2.24, 2.45) is 0 Å². The van der Waals surface area contributed by atoms with Gasteiger partial charge in [-0.05, 0) is 46.6 Å². The van der Waals surface area contributed by atoms with E-state index in [1.54, 1.807) is 4.90 Å². The van der Waals surface area contributed by atoms with Crippen molar-refractivity contribution in [2.45, 2.75) is 13.5 Å². The predicted molar refractivity (Wildman–Crippen MR) is 84.2 cm³/mol. The third-order valence-electron chi connectivity index (χ3n) is 3.98. The van der Waals surface area contributed by atoms with Crippen molar-refractivity contribution in [3.63, 3.8) is 0 Å². The van der Waals surface area contributed by atoms with Crippen LogP contribution in [0.4, 0.5) is 5.69 Å². The second-order valence-corrected chi connectivity index (χ2v) is 6.19. The van der Waals surface area contributed by atoms with Gasteiger partial charge in [-0.3, -0.25) is 0 Å². The molecule has 0 saturated carbocycles. The van der Waals surface area contributed by atoms with E-state index in [2.05, 4.69) is 58.1 Å². The molecule has 106 valence electrons. The van der Waals surface area contributed by atoms with Gasteiger partial charge in [0.15, 0.2) is 10.4 Å². The second-order valence-electron chi connectivity index (χ2n) is 5.41. The molecule has 2 heterocycles. The minimum absolute atomic E-state index is 0.824. The Morgan fingerprint density at radius 1 is 1.15 bits per heavy atom. The van der Waals surface area contributed by atoms with Crippen molar-refractivity contribution in [3.8, 4) is 0 Å². The van der Waals surface area contributed by atoms with Gasteiger partial charge in [-0.2, -0.15) is 0 Å². The van der Waals surface area contributed by atoms with E-state index < -0.39 is 0 Å². The first-order valence-corrected chi connectivity index (χ1v) is 7.90. The Bertz CT molecular complexity index is 573. The zero-order valence-corrected chi connectivity index (χ0v) is 13.3. The van der Waals surface area contributed by atoms with Gasteiger partial charge in [0.1, 0.15) is 6.54 Å². The Kier molecular flexibility index (Phi) is 4.13. The van der Waals surface area contributed by atoms with E-state index in [9.17, 15) is 0 Å². The number of benzene rings is 1. The highest BCUT2D eigenvalue weighted by molar-refractivity contribution is 9.10. The summed E-state index contributed by atoms with van der Waals surface area (Å²) >= 11 is 3.36. The molecule has 1 aliphatic heterocycles. The van der Waals surface area contributed by atoms with E-state index in [4.69, 9.17) is 4.42 Å². The van der Waals surface area contributed by atoms with Crippen LogP contribution in [-0.2, 0) is 6.54 Å². The number of halogens is 1. The summed E-state index contributed by atoms with van der Waals surface area (Å²) in [5, 5.41) is 0. The Labute approximate surface area is 128 Å². The van der Waals surface area contributed by atoms with Gasteiger partial charge in [-0.1, -0.05) is 18.2 Å². The van der Waals surface area contributed by atoms with Gasteiger partial charge >= 0.3 is 0 Å². The number of anilines is 1. The van der Waals surface area contributed by atoms with E-state index in [1.807, 2.05) is 6.07 Å². The summed E-state index contributed by atoms with van der Waals surface area (Å²) in [6, 6.07) is 12.7. The Balaban J connectivity index is 1.58. The SMILES string of the molecule is Cc1ccccc1N1CC[NH+](Cc2ccc(Br)o2)CC1. The number of furan rings is 1. The molecular formula is C16H20BrN2O+. The van der Waals surface area contributed by atoms with Crippen LogP contribution in [0.1, 0.15) is 11.3 Å². The molecule has 4 heteroatoms. The van der Waals surface area contributed by atoms with Gasteiger partial charge in [0.05, 0.1) is 26.2 Å². The Morgan fingerprint density at radius 2 is 1.90 bits per heavy atom. The standard InChI is InChI=1S/C16H19BrN2O/c1-13-4-2-3-5-15(13)19-10-8-18(9-11-19)12-14-6-7-16(17)20-14/h2-7H,8-12H2,1H3/p+1. The maximum Gasteiger partial charge on any atom is 0.169 e. The van der Waals surface area contributed by atoms with Gasteiger partial charge in [0, 0.05) is 5.69 Å². The molecule has 0 unspecified atom stereocenters. The van der Waals surface area contributed by atoms with E-state index in [1.165, 1.54) is 11.3 Å². The van der Waals surface area contributed by atoms with Crippen LogP contribution in [0.2, 0.25) is 0 Å². The third kappa shape index (κ3) is 3.07. The molecule has 1 fully saturated rings. The molecule has 0 spiro atoms. The number of nitrogens with zero attached hydrogens (tertiary/aromatic N) is 1. The minimum atomic E-state index is 0.824. The van der Waals surface area contributed by atoms with Gasteiger partial charge in [0.2, 0.25) is 0 Å². The maximum atomic E-state index is 5.60. The molecule has 3 nitrogen and oxygen atoms in total. The summed E-state index contributed by atoms with van der Waals surface area (Å²) in [5.74, 6) is 1.07. The van der Waals surface area contributed by atoms with Crippen LogP contribution in [0.3, 0.4) is 0 Å². The molecule has 0 amide bonds. The molecule has 1 aliphatic rings. The van der Waals surface area contributed by atoms with Crippen LogP contribution in [-0.4, -0.2) is 26.2 Å². The van der Waals surface area contributed by atoms with Crippen molar-refractivity contribution < 1.29 is 9.32 Å². The molecule has 3 rings (SSSR count). The fourth-order valence-electron chi connectivity index (χ4n) is 2.85. The zero-order chi connectivity index (χ0) is 13.9. The topological polar surface area (TPSA) is 20.8 Å². The molecule has 0 atom stereocenters. The minimum Gasteiger partial charge on any atom is -0.448 e. The predicted octanol–water partition coefficient (Wildman–Crippen LogP) is 2.26. The average molecular weight is 336 g/mol. The number of quaternary nitrogens is 1. The lowest BCUT2D eigenvalue weighted by Crippen LogP contribution is -3.13. The lowest BCUT2D eigenvalue weighted by Gasteiger charge is -2.34. The molecule has 0 bridgehead atoms. The number of aryl methyl sites for hydroxylation is 1. The maximum absolute atomic E-state index is 5.60. The number of para-hydroxylation sites is 1. The van der Waals surface area contributed by atoms with Gasteiger partial charge < -0.3 is 14.2 Å². The van der Waals surface area contributed by atoms with Crippen molar-refractivity contribution in [1.82, 2.24) is 0 Å².